The second kappa shape index (κ2) is 7.53. The van der Waals surface area contributed by atoms with Gasteiger partial charge in [0.05, 0.1) is 5.92 Å². The molecule has 0 aliphatic carbocycles. The first-order valence-corrected chi connectivity index (χ1v) is 6.66. The highest BCUT2D eigenvalue weighted by atomic mass is 16.4. The van der Waals surface area contributed by atoms with Crippen LogP contribution in [-0.4, -0.2) is 35.2 Å². The first-order chi connectivity index (χ1) is 9.40. The Labute approximate surface area is 118 Å². The molecule has 0 bridgehead atoms. The molecule has 5 heteroatoms. The summed E-state index contributed by atoms with van der Waals surface area (Å²) in [5.74, 6) is -2.18. The summed E-state index contributed by atoms with van der Waals surface area (Å²) in [4.78, 5) is 23.5. The first-order valence-electron chi connectivity index (χ1n) is 6.66. The first kappa shape index (κ1) is 16.0. The summed E-state index contributed by atoms with van der Waals surface area (Å²) < 4.78 is 0. The number of carboxylic acid groups (broad SMARTS) is 2. The maximum Gasteiger partial charge on any atom is 0.308 e. The van der Waals surface area contributed by atoms with Crippen LogP contribution in [0.1, 0.15) is 25.3 Å². The van der Waals surface area contributed by atoms with Crippen molar-refractivity contribution in [2.24, 2.45) is 5.92 Å². The van der Waals surface area contributed by atoms with Gasteiger partial charge in [-0.25, -0.2) is 0 Å². The van der Waals surface area contributed by atoms with Crippen molar-refractivity contribution in [3.8, 4) is 0 Å². The highest BCUT2D eigenvalue weighted by Crippen LogP contribution is 2.17. The molecule has 0 spiro atoms. The third kappa shape index (κ3) is 5.30. The molecule has 5 nitrogen and oxygen atoms in total. The van der Waals surface area contributed by atoms with E-state index in [1.165, 1.54) is 0 Å². The lowest BCUT2D eigenvalue weighted by atomic mass is 10.1. The molecule has 0 saturated carbocycles. The van der Waals surface area contributed by atoms with Crippen molar-refractivity contribution < 1.29 is 19.8 Å². The van der Waals surface area contributed by atoms with E-state index in [1.54, 1.807) is 6.92 Å². The lowest BCUT2D eigenvalue weighted by Crippen LogP contribution is -2.33. The van der Waals surface area contributed by atoms with Gasteiger partial charge in [-0.1, -0.05) is 24.6 Å². The lowest BCUT2D eigenvalue weighted by molar-refractivity contribution is -0.141. The predicted octanol–water partition coefficient (Wildman–Crippen LogP) is 2.39. The van der Waals surface area contributed by atoms with Crippen molar-refractivity contribution in [1.29, 1.82) is 0 Å². The van der Waals surface area contributed by atoms with Crippen LogP contribution in [0, 0.1) is 12.8 Å². The van der Waals surface area contributed by atoms with Crippen molar-refractivity contribution >= 4 is 17.6 Å². The summed E-state index contributed by atoms with van der Waals surface area (Å²) >= 11 is 0. The van der Waals surface area contributed by atoms with Gasteiger partial charge in [-0.2, -0.15) is 0 Å². The number of rotatable bonds is 8. The molecule has 1 unspecified atom stereocenters. The maximum absolute atomic E-state index is 11.0. The standard InChI is InChI=1S/C15H21NO4/c1-11-5-7-13(8-6-11)16(9-3-4-14(17)18)10-12(2)15(19)20/h5-8,12H,3-4,9-10H2,1-2H3,(H,17,18)(H,19,20). The Balaban J connectivity index is 2.74. The zero-order valence-corrected chi connectivity index (χ0v) is 11.9. The second-order valence-electron chi connectivity index (χ2n) is 5.02. The third-order valence-electron chi connectivity index (χ3n) is 3.13. The molecular formula is C15H21NO4. The van der Waals surface area contributed by atoms with Crippen LogP contribution in [0.3, 0.4) is 0 Å². The van der Waals surface area contributed by atoms with Gasteiger partial charge in [0.1, 0.15) is 0 Å². The van der Waals surface area contributed by atoms with Gasteiger partial charge in [-0.3, -0.25) is 9.59 Å². The maximum atomic E-state index is 11.0. The van der Waals surface area contributed by atoms with Crippen molar-refractivity contribution in [2.45, 2.75) is 26.7 Å². The number of aryl methyl sites for hydroxylation is 1. The summed E-state index contributed by atoms with van der Waals surface area (Å²) in [5, 5.41) is 17.7. The van der Waals surface area contributed by atoms with Crippen molar-refractivity contribution in [1.82, 2.24) is 0 Å². The molecule has 1 aromatic carbocycles. The van der Waals surface area contributed by atoms with Gasteiger partial charge < -0.3 is 15.1 Å². The van der Waals surface area contributed by atoms with Crippen LogP contribution in [0.15, 0.2) is 24.3 Å². The molecule has 0 fully saturated rings. The van der Waals surface area contributed by atoms with Gasteiger partial charge >= 0.3 is 11.9 Å². The molecule has 0 heterocycles. The van der Waals surface area contributed by atoms with E-state index in [1.807, 2.05) is 36.1 Å². The van der Waals surface area contributed by atoms with E-state index in [0.29, 0.717) is 19.5 Å². The molecule has 1 rings (SSSR count). The Kier molecular flexibility index (Phi) is 6.03. The monoisotopic (exact) mass is 279 g/mol. The van der Waals surface area contributed by atoms with Gasteiger partial charge in [0.2, 0.25) is 0 Å². The molecule has 1 aromatic rings. The Morgan fingerprint density at radius 2 is 1.80 bits per heavy atom. The van der Waals surface area contributed by atoms with Crippen LogP contribution in [0.4, 0.5) is 5.69 Å². The minimum Gasteiger partial charge on any atom is -0.481 e. The van der Waals surface area contributed by atoms with Gasteiger partial charge in [-0.15, -0.1) is 0 Å². The Bertz CT molecular complexity index is 455. The number of nitrogens with zero attached hydrogens (tertiary/aromatic N) is 1. The molecule has 0 aliphatic heterocycles. The molecule has 0 amide bonds. The third-order valence-corrected chi connectivity index (χ3v) is 3.13. The molecular weight excluding hydrogens is 258 g/mol. The zero-order valence-electron chi connectivity index (χ0n) is 11.9. The number of hydrogen-bond acceptors (Lipinski definition) is 3. The minimum absolute atomic E-state index is 0.0871. The number of hydrogen-bond donors (Lipinski definition) is 2. The van der Waals surface area contributed by atoms with E-state index in [4.69, 9.17) is 10.2 Å². The Hall–Kier alpha value is -2.04. The van der Waals surface area contributed by atoms with Crippen LogP contribution in [-0.2, 0) is 9.59 Å². The fraction of sp³-hybridized carbons (Fsp3) is 0.467. The summed E-state index contributed by atoms with van der Waals surface area (Å²) in [5.41, 5.74) is 2.06. The molecule has 0 radical (unpaired) electrons. The lowest BCUT2D eigenvalue weighted by Gasteiger charge is -2.26. The average molecular weight is 279 g/mol. The Morgan fingerprint density at radius 1 is 1.20 bits per heavy atom. The van der Waals surface area contributed by atoms with E-state index < -0.39 is 17.9 Å². The van der Waals surface area contributed by atoms with Gasteiger partial charge in [0.15, 0.2) is 0 Å². The van der Waals surface area contributed by atoms with E-state index in [9.17, 15) is 9.59 Å². The molecule has 0 saturated heterocycles. The zero-order chi connectivity index (χ0) is 15.1. The van der Waals surface area contributed by atoms with Crippen LogP contribution >= 0.6 is 0 Å². The van der Waals surface area contributed by atoms with Crippen LogP contribution < -0.4 is 4.90 Å². The highest BCUT2D eigenvalue weighted by Gasteiger charge is 2.16. The van der Waals surface area contributed by atoms with Crippen LogP contribution in [0.5, 0.6) is 0 Å². The SMILES string of the molecule is Cc1ccc(N(CCCC(=O)O)CC(C)C(=O)O)cc1. The molecule has 0 aromatic heterocycles. The van der Waals surface area contributed by atoms with Gasteiger partial charge in [-0.05, 0) is 25.5 Å². The van der Waals surface area contributed by atoms with Crippen molar-refractivity contribution in [2.75, 3.05) is 18.0 Å². The van der Waals surface area contributed by atoms with Gasteiger partial charge in [0, 0.05) is 25.2 Å². The molecule has 110 valence electrons. The highest BCUT2D eigenvalue weighted by molar-refractivity contribution is 5.70. The average Bonchev–Trinajstić information content (AvgIpc) is 2.37. The van der Waals surface area contributed by atoms with E-state index in [0.717, 1.165) is 11.3 Å². The second-order valence-corrected chi connectivity index (χ2v) is 5.02. The molecule has 1 atom stereocenters. The minimum atomic E-state index is -0.847. The smallest absolute Gasteiger partial charge is 0.308 e. The summed E-state index contributed by atoms with van der Waals surface area (Å²) in [6.45, 7) is 4.55. The number of benzene rings is 1. The van der Waals surface area contributed by atoms with Crippen molar-refractivity contribution in [3.63, 3.8) is 0 Å². The summed E-state index contributed by atoms with van der Waals surface area (Å²) in [6, 6.07) is 7.80. The number of anilines is 1. The van der Waals surface area contributed by atoms with E-state index >= 15 is 0 Å². The summed E-state index contributed by atoms with van der Waals surface area (Å²) in [6.07, 6.45) is 0.583. The largest absolute Gasteiger partial charge is 0.481 e. The van der Waals surface area contributed by atoms with E-state index in [2.05, 4.69) is 0 Å². The normalized spacial score (nSPS) is 11.9. The quantitative estimate of drug-likeness (QED) is 0.764. The fourth-order valence-electron chi connectivity index (χ4n) is 1.91. The topological polar surface area (TPSA) is 77.8 Å². The summed E-state index contributed by atoms with van der Waals surface area (Å²) in [7, 11) is 0. The van der Waals surface area contributed by atoms with Crippen LogP contribution in [0.25, 0.3) is 0 Å². The Morgan fingerprint density at radius 3 is 2.30 bits per heavy atom. The fourth-order valence-corrected chi connectivity index (χ4v) is 1.91. The molecule has 2 N–H and O–H groups in total. The molecule has 0 aliphatic rings. The number of carbonyl (C=O) groups is 2. The number of carboxylic acids is 2. The molecule has 20 heavy (non-hydrogen) atoms. The van der Waals surface area contributed by atoms with Crippen LogP contribution in [0.2, 0.25) is 0 Å². The van der Waals surface area contributed by atoms with Crippen molar-refractivity contribution in [3.05, 3.63) is 29.8 Å². The van der Waals surface area contributed by atoms with E-state index in [-0.39, 0.29) is 6.42 Å². The number of aliphatic carboxylic acids is 2. The van der Waals surface area contributed by atoms with Gasteiger partial charge in [0.25, 0.3) is 0 Å². The predicted molar refractivity (Wildman–Crippen MR) is 77.1 cm³/mol.